The van der Waals surface area contributed by atoms with Gasteiger partial charge in [-0.2, -0.15) is 0 Å². The zero-order valence-electron chi connectivity index (χ0n) is 15.3. The van der Waals surface area contributed by atoms with Crippen LogP contribution < -0.4 is 5.56 Å². The summed E-state index contributed by atoms with van der Waals surface area (Å²) in [5.74, 6) is 0.816. The molecule has 1 unspecified atom stereocenters. The number of nitrogens with zero attached hydrogens (tertiary/aromatic N) is 5. The first-order chi connectivity index (χ1) is 13.1. The van der Waals surface area contributed by atoms with Crippen molar-refractivity contribution in [2.24, 2.45) is 0 Å². The zero-order chi connectivity index (χ0) is 18.8. The number of aromatic nitrogens is 5. The lowest BCUT2D eigenvalue weighted by Gasteiger charge is -2.32. The number of H-pyrrole nitrogens is 1. The van der Waals surface area contributed by atoms with Crippen LogP contribution in [0.2, 0.25) is 0 Å². The van der Waals surface area contributed by atoms with Crippen LogP contribution in [0.4, 0.5) is 0 Å². The molecule has 0 aliphatic carbocycles. The molecule has 8 nitrogen and oxygen atoms in total. The summed E-state index contributed by atoms with van der Waals surface area (Å²) < 4.78 is 1.77. The lowest BCUT2D eigenvalue weighted by Crippen LogP contribution is -2.40. The second-order valence-corrected chi connectivity index (χ2v) is 6.99. The van der Waals surface area contributed by atoms with E-state index in [1.807, 2.05) is 29.2 Å². The lowest BCUT2D eigenvalue weighted by atomic mass is 9.94. The number of nitrogens with one attached hydrogen (secondary N) is 1. The number of amides is 1. The normalized spacial score (nSPS) is 17.4. The first-order valence-corrected chi connectivity index (χ1v) is 9.24. The predicted molar refractivity (Wildman–Crippen MR) is 100 cm³/mol. The fourth-order valence-corrected chi connectivity index (χ4v) is 3.70. The molecule has 8 heteroatoms. The number of likely N-dealkylation sites (tertiary alicyclic amines) is 1. The highest BCUT2D eigenvalue weighted by Crippen LogP contribution is 2.25. The highest BCUT2D eigenvalue weighted by Gasteiger charge is 2.26. The topological polar surface area (TPSA) is 96.8 Å². The monoisotopic (exact) mass is 366 g/mol. The van der Waals surface area contributed by atoms with Crippen molar-refractivity contribution in [1.29, 1.82) is 0 Å². The third kappa shape index (κ3) is 3.74. The number of hydrogen-bond acceptors (Lipinski definition) is 5. The quantitative estimate of drug-likeness (QED) is 0.757. The average molecular weight is 366 g/mol. The summed E-state index contributed by atoms with van der Waals surface area (Å²) in [6.45, 7) is 3.63. The van der Waals surface area contributed by atoms with E-state index in [-0.39, 0.29) is 17.4 Å². The van der Waals surface area contributed by atoms with E-state index in [0.717, 1.165) is 36.1 Å². The molecule has 0 spiro atoms. The third-order valence-electron chi connectivity index (χ3n) is 5.03. The van der Waals surface area contributed by atoms with Gasteiger partial charge >= 0.3 is 0 Å². The van der Waals surface area contributed by atoms with Gasteiger partial charge < -0.3 is 9.88 Å². The molecular weight excluding hydrogens is 344 g/mol. The molecule has 3 heterocycles. The van der Waals surface area contributed by atoms with E-state index < -0.39 is 0 Å². The smallest absolute Gasteiger partial charge is 0.251 e. The molecule has 1 fully saturated rings. The van der Waals surface area contributed by atoms with E-state index in [1.165, 1.54) is 0 Å². The van der Waals surface area contributed by atoms with Gasteiger partial charge in [-0.15, -0.1) is 5.10 Å². The Morgan fingerprint density at radius 2 is 2.19 bits per heavy atom. The maximum absolute atomic E-state index is 12.7. The molecule has 4 rings (SSSR count). The van der Waals surface area contributed by atoms with Gasteiger partial charge in [-0.25, -0.2) is 9.67 Å². The molecule has 140 valence electrons. The van der Waals surface area contributed by atoms with Crippen molar-refractivity contribution in [3.63, 3.8) is 0 Å². The molecule has 0 radical (unpaired) electrons. The van der Waals surface area contributed by atoms with Gasteiger partial charge in [0, 0.05) is 31.5 Å². The summed E-state index contributed by atoms with van der Waals surface area (Å²) in [5.41, 5.74) is 2.40. The summed E-state index contributed by atoms with van der Waals surface area (Å²) in [5, 5.41) is 8.27. The van der Waals surface area contributed by atoms with Crippen LogP contribution in [0.15, 0.2) is 35.1 Å². The fraction of sp³-hybridized carbons (Fsp3) is 0.421. The molecule has 1 aliphatic heterocycles. The molecule has 1 aliphatic rings. The lowest BCUT2D eigenvalue weighted by molar-refractivity contribution is -0.132. The second kappa shape index (κ2) is 7.30. The second-order valence-electron chi connectivity index (χ2n) is 6.99. The number of aromatic amines is 1. The summed E-state index contributed by atoms with van der Waals surface area (Å²) in [7, 11) is 0. The summed E-state index contributed by atoms with van der Waals surface area (Å²) >= 11 is 0. The van der Waals surface area contributed by atoms with Crippen molar-refractivity contribution in [3.8, 4) is 0 Å². The average Bonchev–Trinajstić information content (AvgIpc) is 3.09. The fourth-order valence-electron chi connectivity index (χ4n) is 3.70. The van der Waals surface area contributed by atoms with Gasteiger partial charge in [0.05, 0.1) is 17.8 Å². The number of hydrogen-bond donors (Lipinski definition) is 1. The highest BCUT2D eigenvalue weighted by atomic mass is 16.2. The van der Waals surface area contributed by atoms with E-state index in [4.69, 9.17) is 0 Å². The first kappa shape index (κ1) is 17.4. The van der Waals surface area contributed by atoms with Gasteiger partial charge in [-0.1, -0.05) is 17.3 Å². The summed E-state index contributed by atoms with van der Waals surface area (Å²) in [6.07, 6.45) is 2.23. The molecule has 3 aromatic rings. The molecule has 1 aromatic carbocycles. The van der Waals surface area contributed by atoms with E-state index in [2.05, 4.69) is 20.3 Å². The Balaban J connectivity index is 1.42. The molecule has 2 aromatic heterocycles. The number of carbonyl (C=O) groups is 1. The van der Waals surface area contributed by atoms with Crippen LogP contribution in [0.1, 0.15) is 36.7 Å². The molecule has 1 N–H and O–H groups in total. The van der Waals surface area contributed by atoms with Crippen molar-refractivity contribution in [2.45, 2.75) is 38.6 Å². The Hall–Kier alpha value is -3.03. The van der Waals surface area contributed by atoms with Gasteiger partial charge in [-0.3, -0.25) is 9.59 Å². The molecule has 0 bridgehead atoms. The Kier molecular flexibility index (Phi) is 4.70. The number of aryl methyl sites for hydroxylation is 2. The van der Waals surface area contributed by atoms with E-state index in [9.17, 15) is 9.59 Å². The minimum absolute atomic E-state index is 0.0980. The Bertz CT molecular complexity index is 1020. The number of rotatable bonds is 4. The molecule has 27 heavy (non-hydrogen) atoms. The van der Waals surface area contributed by atoms with Crippen LogP contribution in [0.5, 0.6) is 0 Å². The van der Waals surface area contributed by atoms with Crippen LogP contribution >= 0.6 is 0 Å². The van der Waals surface area contributed by atoms with Crippen molar-refractivity contribution < 1.29 is 4.79 Å². The number of fused-ring (bicyclic) bond motifs is 1. The van der Waals surface area contributed by atoms with Crippen molar-refractivity contribution >= 4 is 16.9 Å². The summed E-state index contributed by atoms with van der Waals surface area (Å²) in [6, 6.07) is 9.28. The van der Waals surface area contributed by atoms with E-state index in [1.54, 1.807) is 17.7 Å². The van der Waals surface area contributed by atoms with Gasteiger partial charge in [-0.05, 0) is 31.9 Å². The van der Waals surface area contributed by atoms with Gasteiger partial charge in [0.25, 0.3) is 5.56 Å². The standard InChI is InChI=1S/C19H22N6O2/c1-13-20-16(11-18(26)21-13)14-5-4-9-24(12-14)19(27)8-10-25-17-7-3-2-6-15(17)22-23-25/h2-3,6-7,11,14H,4-5,8-10,12H2,1H3,(H,20,21,26). The minimum Gasteiger partial charge on any atom is -0.342 e. The predicted octanol–water partition coefficient (Wildman–Crippen LogP) is 1.62. The molecule has 1 atom stereocenters. The SMILES string of the molecule is Cc1nc(C2CCCN(C(=O)CCn3nnc4ccccc43)C2)cc(=O)[nH]1. The van der Waals surface area contributed by atoms with Crippen molar-refractivity contribution in [2.75, 3.05) is 13.1 Å². The summed E-state index contributed by atoms with van der Waals surface area (Å²) in [4.78, 5) is 33.4. The molecule has 1 saturated heterocycles. The third-order valence-corrected chi connectivity index (χ3v) is 5.03. The largest absolute Gasteiger partial charge is 0.342 e. The number of para-hydroxylation sites is 1. The van der Waals surface area contributed by atoms with Crippen molar-refractivity contribution in [3.05, 3.63) is 52.2 Å². The maximum Gasteiger partial charge on any atom is 0.251 e. The van der Waals surface area contributed by atoms with E-state index in [0.29, 0.717) is 25.3 Å². The van der Waals surface area contributed by atoms with Crippen LogP contribution in [-0.2, 0) is 11.3 Å². The van der Waals surface area contributed by atoms with Crippen LogP contribution in [0.25, 0.3) is 11.0 Å². The Labute approximate surface area is 156 Å². The molecule has 1 amide bonds. The first-order valence-electron chi connectivity index (χ1n) is 9.24. The van der Waals surface area contributed by atoms with Crippen LogP contribution in [0.3, 0.4) is 0 Å². The van der Waals surface area contributed by atoms with Gasteiger partial charge in [0.2, 0.25) is 5.91 Å². The zero-order valence-corrected chi connectivity index (χ0v) is 15.3. The van der Waals surface area contributed by atoms with Crippen molar-refractivity contribution in [1.82, 2.24) is 29.9 Å². The molecular formula is C19H22N6O2. The minimum atomic E-state index is -0.140. The maximum atomic E-state index is 12.7. The number of benzene rings is 1. The number of carbonyl (C=O) groups excluding carboxylic acids is 1. The highest BCUT2D eigenvalue weighted by molar-refractivity contribution is 5.77. The molecule has 0 saturated carbocycles. The Morgan fingerprint density at radius 3 is 3.04 bits per heavy atom. The van der Waals surface area contributed by atoms with Crippen LogP contribution in [-0.4, -0.2) is 48.9 Å². The van der Waals surface area contributed by atoms with E-state index >= 15 is 0 Å². The number of piperidine rings is 1. The van der Waals surface area contributed by atoms with Crippen LogP contribution in [0, 0.1) is 6.92 Å². The van der Waals surface area contributed by atoms with Gasteiger partial charge in [0.15, 0.2) is 0 Å². The Morgan fingerprint density at radius 1 is 1.33 bits per heavy atom. The van der Waals surface area contributed by atoms with Gasteiger partial charge in [0.1, 0.15) is 11.3 Å².